The molecule has 0 aliphatic heterocycles. The predicted molar refractivity (Wildman–Crippen MR) is 119 cm³/mol. The Morgan fingerprint density at radius 1 is 1.00 bits per heavy atom. The van der Waals surface area contributed by atoms with Gasteiger partial charge >= 0.3 is 6.18 Å². The molecule has 0 saturated heterocycles. The van der Waals surface area contributed by atoms with E-state index < -0.39 is 41.3 Å². The summed E-state index contributed by atoms with van der Waals surface area (Å²) in [6.45, 7) is 1.75. The van der Waals surface area contributed by atoms with Crippen molar-refractivity contribution in [2.24, 2.45) is 0 Å². The van der Waals surface area contributed by atoms with Gasteiger partial charge in [0.1, 0.15) is 17.6 Å². The molecule has 1 atom stereocenters. The lowest BCUT2D eigenvalue weighted by Crippen LogP contribution is -2.40. The standard InChI is InChI=1S/C25H23F6N3O/c1-15-12-18(7-9-19(15)26)34(11-3-4-16-5-10-22(33-14-16)25(29,30)31)23(24(35)32-2)17-6-8-20(27)21(28)13-17/h5-10,12-14,23H,3-4,11H2,1-2H3,(H,32,35). The van der Waals surface area contributed by atoms with Crippen LogP contribution in [-0.2, 0) is 17.4 Å². The van der Waals surface area contributed by atoms with Gasteiger partial charge in [-0.15, -0.1) is 0 Å². The fraction of sp³-hybridized carbons (Fsp3) is 0.280. The van der Waals surface area contributed by atoms with Crippen LogP contribution in [0.2, 0.25) is 0 Å². The van der Waals surface area contributed by atoms with E-state index in [-0.39, 0.29) is 12.1 Å². The normalized spacial score (nSPS) is 12.3. The molecule has 0 aliphatic rings. The highest BCUT2D eigenvalue weighted by Gasteiger charge is 2.32. The Kier molecular flexibility index (Phi) is 8.03. The maximum atomic E-state index is 14.0. The number of carbonyl (C=O) groups is 1. The van der Waals surface area contributed by atoms with Gasteiger partial charge in [-0.2, -0.15) is 13.2 Å². The van der Waals surface area contributed by atoms with Crippen LogP contribution in [0.3, 0.4) is 0 Å². The Labute approximate surface area is 198 Å². The van der Waals surface area contributed by atoms with E-state index in [0.29, 0.717) is 29.7 Å². The van der Waals surface area contributed by atoms with Gasteiger partial charge in [-0.05, 0) is 72.9 Å². The molecular formula is C25H23F6N3O. The lowest BCUT2D eigenvalue weighted by Gasteiger charge is -2.33. The number of nitrogens with zero attached hydrogens (tertiary/aromatic N) is 2. The fourth-order valence-corrected chi connectivity index (χ4v) is 3.70. The van der Waals surface area contributed by atoms with Crippen LogP contribution < -0.4 is 10.2 Å². The molecule has 0 bridgehead atoms. The Morgan fingerprint density at radius 3 is 2.29 bits per heavy atom. The minimum absolute atomic E-state index is 0.182. The monoisotopic (exact) mass is 495 g/mol. The van der Waals surface area contributed by atoms with Gasteiger partial charge in [0.25, 0.3) is 0 Å². The zero-order valence-electron chi connectivity index (χ0n) is 19.0. The second-order valence-corrected chi connectivity index (χ2v) is 7.97. The number of carbonyl (C=O) groups excluding carboxylic acids is 1. The second kappa shape index (κ2) is 10.8. The number of likely N-dealkylation sites (N-methyl/N-ethyl adjacent to an activating group) is 1. The number of hydrogen-bond donors (Lipinski definition) is 1. The van der Waals surface area contributed by atoms with E-state index in [1.807, 2.05) is 0 Å². The lowest BCUT2D eigenvalue weighted by molar-refractivity contribution is -0.141. The molecular weight excluding hydrogens is 472 g/mol. The molecule has 3 rings (SSSR count). The van der Waals surface area contributed by atoms with Crippen molar-refractivity contribution in [3.05, 3.63) is 94.6 Å². The average molecular weight is 495 g/mol. The summed E-state index contributed by atoms with van der Waals surface area (Å²) in [7, 11) is 1.40. The number of aryl methyl sites for hydroxylation is 2. The highest BCUT2D eigenvalue weighted by molar-refractivity contribution is 5.86. The van der Waals surface area contributed by atoms with Crippen LogP contribution in [0.4, 0.5) is 32.0 Å². The van der Waals surface area contributed by atoms with Gasteiger partial charge in [0, 0.05) is 25.5 Å². The van der Waals surface area contributed by atoms with E-state index in [0.717, 1.165) is 24.4 Å². The van der Waals surface area contributed by atoms with E-state index >= 15 is 0 Å². The van der Waals surface area contributed by atoms with Gasteiger partial charge in [-0.25, -0.2) is 13.2 Å². The Bertz CT molecular complexity index is 1180. The first kappa shape index (κ1) is 26.1. The predicted octanol–water partition coefficient (Wildman–Crippen LogP) is 5.75. The number of alkyl halides is 3. The molecule has 1 heterocycles. The number of rotatable bonds is 8. The van der Waals surface area contributed by atoms with Crippen molar-refractivity contribution in [2.75, 3.05) is 18.5 Å². The molecule has 1 unspecified atom stereocenters. The highest BCUT2D eigenvalue weighted by Crippen LogP contribution is 2.31. The molecule has 186 valence electrons. The molecule has 0 saturated carbocycles. The van der Waals surface area contributed by atoms with Crippen LogP contribution in [0.25, 0.3) is 0 Å². The Morgan fingerprint density at radius 2 is 1.71 bits per heavy atom. The average Bonchev–Trinajstić information content (AvgIpc) is 2.82. The van der Waals surface area contributed by atoms with E-state index in [1.54, 1.807) is 11.8 Å². The molecule has 0 spiro atoms. The Balaban J connectivity index is 1.92. The second-order valence-electron chi connectivity index (χ2n) is 7.97. The summed E-state index contributed by atoms with van der Waals surface area (Å²) in [5.41, 5.74) is 0.523. The number of amides is 1. The minimum Gasteiger partial charge on any atom is -0.357 e. The van der Waals surface area contributed by atoms with Gasteiger partial charge in [-0.3, -0.25) is 9.78 Å². The number of pyridine rings is 1. The summed E-state index contributed by atoms with van der Waals surface area (Å²) in [5, 5.41) is 2.51. The molecule has 3 aromatic rings. The van der Waals surface area contributed by atoms with Gasteiger partial charge in [0.05, 0.1) is 0 Å². The minimum atomic E-state index is -4.54. The first-order valence-electron chi connectivity index (χ1n) is 10.7. The largest absolute Gasteiger partial charge is 0.433 e. The summed E-state index contributed by atoms with van der Waals surface area (Å²) in [5.74, 6) is -3.14. The van der Waals surface area contributed by atoms with Crippen LogP contribution in [-0.4, -0.2) is 24.5 Å². The molecule has 0 radical (unpaired) electrons. The molecule has 35 heavy (non-hydrogen) atoms. The first-order valence-corrected chi connectivity index (χ1v) is 10.7. The molecule has 0 fully saturated rings. The number of aromatic nitrogens is 1. The molecule has 10 heteroatoms. The number of benzene rings is 2. The maximum Gasteiger partial charge on any atom is 0.433 e. The topological polar surface area (TPSA) is 45.2 Å². The molecule has 1 N–H and O–H groups in total. The zero-order chi connectivity index (χ0) is 25.8. The molecule has 1 aromatic heterocycles. The van der Waals surface area contributed by atoms with Crippen molar-refractivity contribution in [2.45, 2.75) is 32.0 Å². The maximum absolute atomic E-state index is 14.0. The third-order valence-electron chi connectivity index (χ3n) is 5.52. The molecule has 0 aliphatic carbocycles. The molecule has 1 amide bonds. The smallest absolute Gasteiger partial charge is 0.357 e. The van der Waals surface area contributed by atoms with Crippen molar-refractivity contribution >= 4 is 11.6 Å². The zero-order valence-corrected chi connectivity index (χ0v) is 19.0. The van der Waals surface area contributed by atoms with Crippen molar-refractivity contribution in [3.8, 4) is 0 Å². The van der Waals surface area contributed by atoms with E-state index in [9.17, 15) is 31.1 Å². The van der Waals surface area contributed by atoms with Gasteiger partial charge < -0.3 is 10.2 Å². The third-order valence-corrected chi connectivity index (χ3v) is 5.52. The van der Waals surface area contributed by atoms with Crippen molar-refractivity contribution in [1.82, 2.24) is 10.3 Å². The van der Waals surface area contributed by atoms with Crippen molar-refractivity contribution in [3.63, 3.8) is 0 Å². The molecule has 2 aromatic carbocycles. The number of anilines is 1. The number of hydrogen-bond acceptors (Lipinski definition) is 3. The van der Waals surface area contributed by atoms with Crippen LogP contribution in [0.1, 0.15) is 34.8 Å². The van der Waals surface area contributed by atoms with Crippen LogP contribution in [0.5, 0.6) is 0 Å². The summed E-state index contributed by atoms with van der Waals surface area (Å²) < 4.78 is 79.8. The van der Waals surface area contributed by atoms with Crippen LogP contribution in [0.15, 0.2) is 54.7 Å². The summed E-state index contributed by atoms with van der Waals surface area (Å²) in [6, 6.07) is 8.53. The summed E-state index contributed by atoms with van der Waals surface area (Å²) in [4.78, 5) is 17.9. The first-order chi connectivity index (χ1) is 16.5. The summed E-state index contributed by atoms with van der Waals surface area (Å²) in [6.07, 6.45) is -2.69. The fourth-order valence-electron chi connectivity index (χ4n) is 3.70. The van der Waals surface area contributed by atoms with Crippen molar-refractivity contribution in [1.29, 1.82) is 0 Å². The molecule has 4 nitrogen and oxygen atoms in total. The van der Waals surface area contributed by atoms with Crippen molar-refractivity contribution < 1.29 is 31.1 Å². The van der Waals surface area contributed by atoms with Gasteiger partial charge in [-0.1, -0.05) is 12.1 Å². The van der Waals surface area contributed by atoms with Crippen LogP contribution >= 0.6 is 0 Å². The highest BCUT2D eigenvalue weighted by atomic mass is 19.4. The number of nitrogens with one attached hydrogen (secondary N) is 1. The Hall–Kier alpha value is -3.56. The SMILES string of the molecule is CNC(=O)C(c1ccc(F)c(F)c1)N(CCCc1ccc(C(F)(F)F)nc1)c1ccc(F)c(C)c1. The summed E-state index contributed by atoms with van der Waals surface area (Å²) >= 11 is 0. The van der Waals surface area contributed by atoms with E-state index in [1.165, 1.54) is 37.4 Å². The van der Waals surface area contributed by atoms with E-state index in [2.05, 4.69) is 10.3 Å². The van der Waals surface area contributed by atoms with E-state index in [4.69, 9.17) is 0 Å². The quantitative estimate of drug-likeness (QED) is 0.405. The van der Waals surface area contributed by atoms with Gasteiger partial charge in [0.2, 0.25) is 5.91 Å². The number of halogens is 6. The third kappa shape index (κ3) is 6.32. The lowest BCUT2D eigenvalue weighted by atomic mass is 10.0. The van der Waals surface area contributed by atoms with Gasteiger partial charge in [0.15, 0.2) is 11.6 Å². The van der Waals surface area contributed by atoms with Crippen LogP contribution in [0, 0.1) is 24.4 Å².